The van der Waals surface area contributed by atoms with Gasteiger partial charge in [0.2, 0.25) is 0 Å². The van der Waals surface area contributed by atoms with Gasteiger partial charge >= 0.3 is 0 Å². The maximum Gasteiger partial charge on any atom is 0.0726 e. The molecule has 0 bridgehead atoms. The van der Waals surface area contributed by atoms with Crippen molar-refractivity contribution in [1.82, 2.24) is 0 Å². The Morgan fingerprint density at radius 2 is 0.885 bits per heavy atom. The van der Waals surface area contributed by atoms with Gasteiger partial charge in [0.1, 0.15) is 0 Å². The summed E-state index contributed by atoms with van der Waals surface area (Å²) in [7, 11) is 0. The number of nitrogens with zero attached hydrogens (tertiary/aromatic N) is 1. The van der Waals surface area contributed by atoms with Crippen molar-refractivity contribution in [2.45, 2.75) is 5.41 Å². The van der Waals surface area contributed by atoms with Crippen LogP contribution in [-0.2, 0) is 5.41 Å². The molecule has 2 aliphatic carbocycles. The summed E-state index contributed by atoms with van der Waals surface area (Å²) in [5.41, 5.74) is 18.4. The number of thiophene rings is 1. The molecule has 11 aromatic rings. The molecule has 0 saturated carbocycles. The van der Waals surface area contributed by atoms with Crippen LogP contribution in [0.2, 0.25) is 0 Å². The Balaban J connectivity index is 1.15. The number of hydrogen-bond donors (Lipinski definition) is 0. The largest absolute Gasteiger partial charge is 0.309 e. The Labute approximate surface area is 359 Å². The Kier molecular flexibility index (Phi) is 7.46. The summed E-state index contributed by atoms with van der Waals surface area (Å²) in [4.78, 5) is 2.57. The zero-order chi connectivity index (χ0) is 40.1. The number of rotatable bonds is 5. The molecular formula is C59H37NS. The topological polar surface area (TPSA) is 3.24 Å². The van der Waals surface area contributed by atoms with Crippen molar-refractivity contribution in [3.63, 3.8) is 0 Å². The minimum Gasteiger partial charge on any atom is -0.309 e. The average molecular weight is 792 g/mol. The molecule has 0 fully saturated rings. The summed E-state index contributed by atoms with van der Waals surface area (Å²) in [5, 5.41) is 5.12. The minimum atomic E-state index is -0.447. The van der Waals surface area contributed by atoms with Crippen molar-refractivity contribution < 1.29 is 0 Å². The lowest BCUT2D eigenvalue weighted by atomic mass is 9.70. The first-order valence-corrected chi connectivity index (χ1v) is 21.9. The maximum atomic E-state index is 2.57. The summed E-state index contributed by atoms with van der Waals surface area (Å²) in [5.74, 6) is 0. The van der Waals surface area contributed by atoms with Gasteiger partial charge in [-0.05, 0) is 103 Å². The van der Waals surface area contributed by atoms with Crippen molar-refractivity contribution in [3.8, 4) is 44.5 Å². The van der Waals surface area contributed by atoms with Crippen LogP contribution in [0.15, 0.2) is 224 Å². The summed E-state index contributed by atoms with van der Waals surface area (Å²) in [6, 6.07) is 83.5. The van der Waals surface area contributed by atoms with Crippen LogP contribution in [-0.4, -0.2) is 0 Å². The van der Waals surface area contributed by atoms with Crippen molar-refractivity contribution in [2.24, 2.45) is 0 Å². The van der Waals surface area contributed by atoms with Crippen LogP contribution in [0.5, 0.6) is 0 Å². The van der Waals surface area contributed by atoms with E-state index in [0.29, 0.717) is 0 Å². The van der Waals surface area contributed by atoms with Crippen LogP contribution in [0.3, 0.4) is 0 Å². The van der Waals surface area contributed by atoms with E-state index in [-0.39, 0.29) is 0 Å². The fourth-order valence-corrected chi connectivity index (χ4v) is 12.1. The van der Waals surface area contributed by atoms with E-state index in [4.69, 9.17) is 0 Å². The van der Waals surface area contributed by atoms with E-state index in [1.54, 1.807) is 0 Å². The SMILES string of the molecule is c1ccc(-c2cccc(N(c3cccc4c3-c3ccccc3C43c4ccccc4-c4ccccc43)c3cccc4sc5c6ccccc6c(-c6ccccc6)cc5c34)c2)cc1. The molecule has 1 nitrogen and oxygen atoms in total. The molecule has 0 aliphatic heterocycles. The molecule has 0 unspecified atom stereocenters. The van der Waals surface area contributed by atoms with Gasteiger partial charge in [0.25, 0.3) is 0 Å². The van der Waals surface area contributed by atoms with Crippen LogP contribution in [0.4, 0.5) is 17.1 Å². The minimum absolute atomic E-state index is 0.447. The molecule has 0 saturated heterocycles. The van der Waals surface area contributed by atoms with Gasteiger partial charge in [0.05, 0.1) is 16.8 Å². The van der Waals surface area contributed by atoms with Gasteiger partial charge in [-0.1, -0.05) is 188 Å². The molecule has 2 aliphatic rings. The molecule has 1 aromatic heterocycles. The molecule has 0 N–H and O–H groups in total. The smallest absolute Gasteiger partial charge is 0.0726 e. The number of anilines is 3. The lowest BCUT2D eigenvalue weighted by molar-refractivity contribution is 0.794. The molecule has 284 valence electrons. The third-order valence-electron chi connectivity index (χ3n) is 13.3. The normalized spacial score (nSPS) is 13.0. The van der Waals surface area contributed by atoms with E-state index < -0.39 is 5.41 Å². The molecule has 0 radical (unpaired) electrons. The molecule has 1 spiro atoms. The van der Waals surface area contributed by atoms with E-state index >= 15 is 0 Å². The zero-order valence-electron chi connectivity index (χ0n) is 33.2. The molecule has 10 aromatic carbocycles. The second-order valence-electron chi connectivity index (χ2n) is 16.3. The van der Waals surface area contributed by atoms with Crippen molar-refractivity contribution >= 4 is 59.3 Å². The fraction of sp³-hybridized carbons (Fsp3) is 0.0169. The third-order valence-corrected chi connectivity index (χ3v) is 14.5. The van der Waals surface area contributed by atoms with E-state index in [9.17, 15) is 0 Å². The van der Waals surface area contributed by atoms with Gasteiger partial charge in [0.15, 0.2) is 0 Å². The Morgan fingerprint density at radius 3 is 1.62 bits per heavy atom. The van der Waals surface area contributed by atoms with E-state index in [1.807, 2.05) is 11.3 Å². The Bertz CT molecular complexity index is 3500. The highest BCUT2D eigenvalue weighted by Crippen LogP contribution is 2.65. The first kappa shape index (κ1) is 34.4. The molecule has 0 atom stereocenters. The van der Waals surface area contributed by atoms with Gasteiger partial charge in [-0.3, -0.25) is 0 Å². The standard InChI is InChI=1S/C59H37NS/c1-3-18-38(19-4-1)40-22-15-23-41(36-40)60(54-34-17-35-55-57(54)48-37-47(39-20-5-2-6-21-39)42-24-7-8-27-45(42)58(48)61-55)53-33-16-32-52-56(53)46-28-11-14-31-51(46)59(52)49-29-12-9-25-43(49)44-26-10-13-30-50(44)59/h1-37H. The van der Waals surface area contributed by atoms with Crippen LogP contribution in [0.25, 0.3) is 75.5 Å². The summed E-state index contributed by atoms with van der Waals surface area (Å²) in [6.07, 6.45) is 0. The van der Waals surface area contributed by atoms with Gasteiger partial charge in [0, 0.05) is 36.8 Å². The van der Waals surface area contributed by atoms with E-state index in [1.165, 1.54) is 109 Å². The van der Waals surface area contributed by atoms with Gasteiger partial charge < -0.3 is 4.90 Å². The Hall–Kier alpha value is -7.52. The van der Waals surface area contributed by atoms with E-state index in [2.05, 4.69) is 229 Å². The Morgan fingerprint density at radius 1 is 0.344 bits per heavy atom. The molecular weight excluding hydrogens is 755 g/mol. The van der Waals surface area contributed by atoms with Crippen LogP contribution < -0.4 is 4.90 Å². The van der Waals surface area contributed by atoms with Crippen LogP contribution in [0, 0.1) is 0 Å². The highest BCUT2D eigenvalue weighted by molar-refractivity contribution is 7.26. The van der Waals surface area contributed by atoms with Crippen molar-refractivity contribution in [2.75, 3.05) is 4.90 Å². The summed E-state index contributed by atoms with van der Waals surface area (Å²) < 4.78 is 2.59. The highest BCUT2D eigenvalue weighted by atomic mass is 32.1. The summed E-state index contributed by atoms with van der Waals surface area (Å²) >= 11 is 1.90. The summed E-state index contributed by atoms with van der Waals surface area (Å²) in [6.45, 7) is 0. The molecule has 2 heteroatoms. The number of hydrogen-bond acceptors (Lipinski definition) is 2. The molecule has 1 heterocycles. The quantitative estimate of drug-likeness (QED) is 0.168. The zero-order valence-corrected chi connectivity index (χ0v) is 34.0. The average Bonchev–Trinajstić information content (AvgIpc) is 3.97. The lowest BCUT2D eigenvalue weighted by Gasteiger charge is -2.32. The molecule has 13 rings (SSSR count). The second kappa shape index (κ2) is 13.2. The third kappa shape index (κ3) is 4.83. The second-order valence-corrected chi connectivity index (χ2v) is 17.4. The first-order valence-electron chi connectivity index (χ1n) is 21.1. The monoisotopic (exact) mass is 791 g/mol. The predicted octanol–water partition coefficient (Wildman–Crippen LogP) is 16.4. The highest BCUT2D eigenvalue weighted by Gasteiger charge is 2.52. The van der Waals surface area contributed by atoms with Gasteiger partial charge in [-0.15, -0.1) is 11.3 Å². The molecule has 0 amide bonds. The van der Waals surface area contributed by atoms with Crippen LogP contribution >= 0.6 is 11.3 Å². The van der Waals surface area contributed by atoms with Crippen molar-refractivity contribution in [1.29, 1.82) is 0 Å². The number of benzene rings is 10. The van der Waals surface area contributed by atoms with E-state index in [0.717, 1.165) is 5.69 Å². The first-order chi connectivity index (χ1) is 30.3. The maximum absolute atomic E-state index is 2.57. The van der Waals surface area contributed by atoms with Crippen molar-refractivity contribution in [3.05, 3.63) is 247 Å². The number of fused-ring (bicyclic) bond motifs is 15. The fourth-order valence-electron chi connectivity index (χ4n) is 10.8. The van der Waals surface area contributed by atoms with Gasteiger partial charge in [-0.2, -0.15) is 0 Å². The molecule has 61 heavy (non-hydrogen) atoms. The predicted molar refractivity (Wildman–Crippen MR) is 259 cm³/mol. The van der Waals surface area contributed by atoms with Gasteiger partial charge in [-0.25, -0.2) is 0 Å². The van der Waals surface area contributed by atoms with Crippen LogP contribution in [0.1, 0.15) is 22.3 Å². The lowest BCUT2D eigenvalue weighted by Crippen LogP contribution is -2.26.